The van der Waals surface area contributed by atoms with Gasteiger partial charge in [-0.25, -0.2) is 8.78 Å². The van der Waals surface area contributed by atoms with Crippen LogP contribution in [0.2, 0.25) is 0 Å². The SMILES string of the molecule is COC(=O)C(C)(C)Sc1ccc(F)c(F)c1. The number of ether oxygens (including phenoxy) is 1. The smallest absolute Gasteiger partial charge is 0.321 e. The minimum atomic E-state index is -0.925. The van der Waals surface area contributed by atoms with Crippen molar-refractivity contribution >= 4 is 17.7 Å². The van der Waals surface area contributed by atoms with E-state index in [2.05, 4.69) is 4.74 Å². The number of benzene rings is 1. The quantitative estimate of drug-likeness (QED) is 0.605. The maximum absolute atomic E-state index is 12.9. The van der Waals surface area contributed by atoms with Crippen molar-refractivity contribution in [3.8, 4) is 0 Å². The molecule has 0 aromatic heterocycles. The van der Waals surface area contributed by atoms with E-state index in [1.165, 1.54) is 13.2 Å². The minimum absolute atomic E-state index is 0.415. The first kappa shape index (κ1) is 13.0. The van der Waals surface area contributed by atoms with Crippen molar-refractivity contribution in [1.82, 2.24) is 0 Å². The van der Waals surface area contributed by atoms with E-state index in [9.17, 15) is 13.6 Å². The number of methoxy groups -OCH3 is 1. The van der Waals surface area contributed by atoms with Gasteiger partial charge in [0, 0.05) is 4.90 Å². The van der Waals surface area contributed by atoms with Gasteiger partial charge in [-0.3, -0.25) is 4.79 Å². The van der Waals surface area contributed by atoms with E-state index in [0.29, 0.717) is 4.90 Å². The molecule has 0 aliphatic carbocycles. The highest BCUT2D eigenvalue weighted by atomic mass is 32.2. The first-order valence-electron chi connectivity index (χ1n) is 4.59. The first-order valence-corrected chi connectivity index (χ1v) is 5.41. The van der Waals surface area contributed by atoms with Crippen LogP contribution in [0.3, 0.4) is 0 Å². The van der Waals surface area contributed by atoms with E-state index in [0.717, 1.165) is 23.9 Å². The molecule has 0 amide bonds. The highest BCUT2D eigenvalue weighted by molar-refractivity contribution is 8.01. The zero-order chi connectivity index (χ0) is 12.3. The normalized spacial score (nSPS) is 11.3. The van der Waals surface area contributed by atoms with Crippen molar-refractivity contribution in [2.75, 3.05) is 7.11 Å². The Morgan fingerprint density at radius 3 is 2.44 bits per heavy atom. The molecule has 1 aromatic rings. The summed E-state index contributed by atoms with van der Waals surface area (Å²) < 4.78 is 29.4. The van der Waals surface area contributed by atoms with E-state index in [4.69, 9.17) is 0 Å². The third kappa shape index (κ3) is 2.95. The predicted molar refractivity (Wildman–Crippen MR) is 58.3 cm³/mol. The van der Waals surface area contributed by atoms with Crippen LogP contribution >= 0.6 is 11.8 Å². The highest BCUT2D eigenvalue weighted by Gasteiger charge is 2.30. The van der Waals surface area contributed by atoms with E-state index >= 15 is 0 Å². The molecule has 0 heterocycles. The second-order valence-electron chi connectivity index (χ2n) is 3.68. The fourth-order valence-electron chi connectivity index (χ4n) is 1.12. The van der Waals surface area contributed by atoms with E-state index in [-0.39, 0.29) is 0 Å². The fourth-order valence-corrected chi connectivity index (χ4v) is 2.18. The Balaban J connectivity index is 2.88. The molecule has 1 aromatic carbocycles. The van der Waals surface area contributed by atoms with Gasteiger partial charge in [0.2, 0.25) is 0 Å². The average Bonchev–Trinajstić information content (AvgIpc) is 2.22. The van der Waals surface area contributed by atoms with Crippen molar-refractivity contribution < 1.29 is 18.3 Å². The Morgan fingerprint density at radius 1 is 1.31 bits per heavy atom. The third-order valence-corrected chi connectivity index (χ3v) is 3.11. The van der Waals surface area contributed by atoms with Gasteiger partial charge in [-0.15, -0.1) is 11.8 Å². The van der Waals surface area contributed by atoms with Gasteiger partial charge in [-0.05, 0) is 32.0 Å². The Hall–Kier alpha value is -1.10. The molecule has 0 saturated carbocycles. The van der Waals surface area contributed by atoms with E-state index < -0.39 is 22.4 Å². The van der Waals surface area contributed by atoms with E-state index in [1.807, 2.05) is 0 Å². The van der Waals surface area contributed by atoms with Gasteiger partial charge < -0.3 is 4.74 Å². The summed E-state index contributed by atoms with van der Waals surface area (Å²) in [5.74, 6) is -2.24. The van der Waals surface area contributed by atoms with Gasteiger partial charge in [0.25, 0.3) is 0 Å². The lowest BCUT2D eigenvalue weighted by atomic mass is 10.2. The van der Waals surface area contributed by atoms with Crippen LogP contribution in [0, 0.1) is 11.6 Å². The molecular formula is C11H12F2O2S. The Bertz CT molecular complexity index is 405. The minimum Gasteiger partial charge on any atom is -0.468 e. The second-order valence-corrected chi connectivity index (χ2v) is 5.38. The summed E-state index contributed by atoms with van der Waals surface area (Å²) in [4.78, 5) is 11.9. The van der Waals surface area contributed by atoms with Crippen LogP contribution in [0.1, 0.15) is 13.8 Å². The van der Waals surface area contributed by atoms with Crippen molar-refractivity contribution in [2.24, 2.45) is 0 Å². The molecular weight excluding hydrogens is 234 g/mol. The molecule has 88 valence electrons. The van der Waals surface area contributed by atoms with Crippen molar-refractivity contribution in [3.05, 3.63) is 29.8 Å². The Kier molecular flexibility index (Phi) is 3.91. The number of thioether (sulfide) groups is 1. The Morgan fingerprint density at radius 2 is 1.94 bits per heavy atom. The monoisotopic (exact) mass is 246 g/mol. The predicted octanol–water partition coefficient (Wildman–Crippen LogP) is 3.01. The van der Waals surface area contributed by atoms with Crippen LogP contribution in [0.4, 0.5) is 8.78 Å². The standard InChI is InChI=1S/C11H12F2O2S/c1-11(2,10(14)15-3)16-7-4-5-8(12)9(13)6-7/h4-6H,1-3H3. The molecule has 5 heteroatoms. The molecule has 0 aliphatic heterocycles. The summed E-state index contributed by atoms with van der Waals surface area (Å²) in [6.07, 6.45) is 0. The average molecular weight is 246 g/mol. The van der Waals surface area contributed by atoms with Crippen LogP contribution in [0.25, 0.3) is 0 Å². The summed E-state index contributed by atoms with van der Waals surface area (Å²) in [6, 6.07) is 3.52. The van der Waals surface area contributed by atoms with Crippen LogP contribution in [-0.4, -0.2) is 17.8 Å². The second kappa shape index (κ2) is 4.82. The largest absolute Gasteiger partial charge is 0.468 e. The van der Waals surface area contributed by atoms with Gasteiger partial charge in [0.15, 0.2) is 11.6 Å². The van der Waals surface area contributed by atoms with Crippen molar-refractivity contribution in [3.63, 3.8) is 0 Å². The number of hydrogen-bond acceptors (Lipinski definition) is 3. The number of halogens is 2. The van der Waals surface area contributed by atoms with Crippen LogP contribution < -0.4 is 0 Å². The summed E-state index contributed by atoms with van der Waals surface area (Å²) in [5, 5.41) is 0. The van der Waals surface area contributed by atoms with E-state index in [1.54, 1.807) is 13.8 Å². The molecule has 0 unspecified atom stereocenters. The molecule has 0 saturated heterocycles. The van der Waals surface area contributed by atoms with Crippen LogP contribution in [0.15, 0.2) is 23.1 Å². The van der Waals surface area contributed by atoms with Crippen LogP contribution in [0.5, 0.6) is 0 Å². The third-order valence-electron chi connectivity index (χ3n) is 1.94. The zero-order valence-corrected chi connectivity index (χ0v) is 10.0. The van der Waals surface area contributed by atoms with Gasteiger partial charge >= 0.3 is 5.97 Å². The summed E-state index contributed by atoms with van der Waals surface area (Å²) in [5.41, 5.74) is 0. The molecule has 0 aliphatic rings. The zero-order valence-electron chi connectivity index (χ0n) is 9.21. The topological polar surface area (TPSA) is 26.3 Å². The number of carbonyl (C=O) groups excluding carboxylic acids is 1. The lowest BCUT2D eigenvalue weighted by molar-refractivity contribution is -0.142. The summed E-state index contributed by atoms with van der Waals surface area (Å²) in [7, 11) is 1.29. The molecule has 16 heavy (non-hydrogen) atoms. The lowest BCUT2D eigenvalue weighted by Gasteiger charge is -2.20. The van der Waals surface area contributed by atoms with Gasteiger partial charge in [-0.1, -0.05) is 0 Å². The van der Waals surface area contributed by atoms with Gasteiger partial charge in [0.1, 0.15) is 4.75 Å². The maximum Gasteiger partial charge on any atom is 0.321 e. The highest BCUT2D eigenvalue weighted by Crippen LogP contribution is 2.33. The van der Waals surface area contributed by atoms with Crippen LogP contribution in [-0.2, 0) is 9.53 Å². The lowest BCUT2D eigenvalue weighted by Crippen LogP contribution is -2.28. The molecule has 0 spiro atoms. The molecule has 0 radical (unpaired) electrons. The summed E-state index contributed by atoms with van der Waals surface area (Å²) >= 11 is 1.12. The number of rotatable bonds is 3. The molecule has 1 rings (SSSR count). The molecule has 2 nitrogen and oxygen atoms in total. The van der Waals surface area contributed by atoms with Gasteiger partial charge in [-0.2, -0.15) is 0 Å². The van der Waals surface area contributed by atoms with Crippen molar-refractivity contribution in [1.29, 1.82) is 0 Å². The maximum atomic E-state index is 12.9. The fraction of sp³-hybridized carbons (Fsp3) is 0.364. The number of carbonyl (C=O) groups is 1. The molecule has 0 atom stereocenters. The molecule has 0 bridgehead atoms. The first-order chi connectivity index (χ1) is 7.36. The molecule has 0 fully saturated rings. The van der Waals surface area contributed by atoms with Crippen molar-refractivity contribution in [2.45, 2.75) is 23.5 Å². The molecule has 0 N–H and O–H groups in total. The summed E-state index contributed by atoms with van der Waals surface area (Å²) in [6.45, 7) is 3.32. The van der Waals surface area contributed by atoms with Gasteiger partial charge in [0.05, 0.1) is 7.11 Å². The number of esters is 1. The number of hydrogen-bond donors (Lipinski definition) is 0. The Labute approximate surface area is 97.0 Å².